The lowest BCUT2D eigenvalue weighted by molar-refractivity contribution is -0.136. The van der Waals surface area contributed by atoms with Crippen molar-refractivity contribution in [2.45, 2.75) is 11.0 Å². The molecular formula is C5H10O2S3. The molecule has 0 amide bonds. The van der Waals surface area contributed by atoms with Crippen LogP contribution in [0.25, 0.3) is 0 Å². The summed E-state index contributed by atoms with van der Waals surface area (Å²) in [5.41, 5.74) is 0. The van der Waals surface area contributed by atoms with Crippen molar-refractivity contribution in [3.05, 3.63) is 0 Å². The number of carboxylic acids is 1. The molecule has 0 heterocycles. The Balaban J connectivity index is 4.08. The maximum atomic E-state index is 10.5. The molecule has 0 aliphatic heterocycles. The maximum Gasteiger partial charge on any atom is 0.330 e. The number of carbonyl (C=O) groups is 1. The van der Waals surface area contributed by atoms with Gasteiger partial charge in [-0.05, 0) is 5.75 Å². The third-order valence-electron chi connectivity index (χ3n) is 0.932. The Morgan fingerprint density at radius 1 is 1.80 bits per heavy atom. The molecule has 1 atom stereocenters. The van der Waals surface area contributed by atoms with Gasteiger partial charge in [-0.1, -0.05) is 6.92 Å². The molecule has 2 nitrogen and oxygen atoms in total. The standard InChI is InChI=1S/C5H10O2S3/c1-2-10-5(9,3-8)4(6)7/h8-9H,2-3H2,1H3,(H,6,7). The Hall–Kier alpha value is 0.520. The Bertz CT molecular complexity index is 128. The van der Waals surface area contributed by atoms with Crippen LogP contribution in [0, 0.1) is 0 Å². The largest absolute Gasteiger partial charge is 0.480 e. The maximum absolute atomic E-state index is 10.5. The van der Waals surface area contributed by atoms with Gasteiger partial charge in [0.15, 0.2) is 4.08 Å². The number of hydrogen-bond donors (Lipinski definition) is 3. The molecule has 10 heavy (non-hydrogen) atoms. The van der Waals surface area contributed by atoms with Crippen LogP contribution in [0.15, 0.2) is 0 Å². The van der Waals surface area contributed by atoms with E-state index in [2.05, 4.69) is 25.3 Å². The molecule has 1 unspecified atom stereocenters. The number of hydrogen-bond acceptors (Lipinski definition) is 4. The highest BCUT2D eigenvalue weighted by molar-refractivity contribution is 8.13. The summed E-state index contributed by atoms with van der Waals surface area (Å²) in [6.07, 6.45) is 0. The van der Waals surface area contributed by atoms with Crippen molar-refractivity contribution in [1.29, 1.82) is 0 Å². The summed E-state index contributed by atoms with van der Waals surface area (Å²) >= 11 is 9.15. The van der Waals surface area contributed by atoms with E-state index >= 15 is 0 Å². The minimum atomic E-state index is -1.02. The highest BCUT2D eigenvalue weighted by Crippen LogP contribution is 2.30. The monoisotopic (exact) mass is 198 g/mol. The van der Waals surface area contributed by atoms with Gasteiger partial charge in [0, 0.05) is 5.75 Å². The first-order valence-corrected chi connectivity index (χ1v) is 4.84. The van der Waals surface area contributed by atoms with Crippen LogP contribution in [0.2, 0.25) is 0 Å². The smallest absolute Gasteiger partial charge is 0.330 e. The third kappa shape index (κ3) is 2.64. The zero-order valence-electron chi connectivity index (χ0n) is 5.57. The van der Waals surface area contributed by atoms with E-state index in [9.17, 15) is 4.79 Å². The van der Waals surface area contributed by atoms with E-state index in [0.29, 0.717) is 0 Å². The average Bonchev–Trinajstić information content (AvgIpc) is 1.88. The fraction of sp³-hybridized carbons (Fsp3) is 0.800. The molecule has 0 saturated carbocycles. The molecule has 0 aliphatic rings. The molecule has 0 saturated heterocycles. The Morgan fingerprint density at radius 3 is 2.40 bits per heavy atom. The van der Waals surface area contributed by atoms with E-state index < -0.39 is 10.0 Å². The Morgan fingerprint density at radius 2 is 2.30 bits per heavy atom. The van der Waals surface area contributed by atoms with Gasteiger partial charge in [0.25, 0.3) is 0 Å². The SMILES string of the molecule is CCSC(S)(CS)C(=O)O. The average molecular weight is 198 g/mol. The highest BCUT2D eigenvalue weighted by Gasteiger charge is 2.32. The second-order valence-electron chi connectivity index (χ2n) is 1.68. The molecule has 0 rings (SSSR count). The van der Waals surface area contributed by atoms with Gasteiger partial charge in [0.1, 0.15) is 0 Å². The molecule has 0 aliphatic carbocycles. The van der Waals surface area contributed by atoms with Crippen LogP contribution in [-0.4, -0.2) is 26.7 Å². The second-order valence-corrected chi connectivity index (χ2v) is 4.63. The zero-order chi connectivity index (χ0) is 8.20. The molecule has 0 aromatic heterocycles. The first-order valence-electron chi connectivity index (χ1n) is 2.77. The molecule has 0 aromatic carbocycles. The molecule has 0 fully saturated rings. The van der Waals surface area contributed by atoms with E-state index in [1.807, 2.05) is 6.92 Å². The van der Waals surface area contributed by atoms with Crippen molar-refractivity contribution in [3.8, 4) is 0 Å². The van der Waals surface area contributed by atoms with Crippen molar-refractivity contribution in [2.75, 3.05) is 11.5 Å². The number of rotatable bonds is 4. The fourth-order valence-corrected chi connectivity index (χ4v) is 1.90. The lowest BCUT2D eigenvalue weighted by atomic mass is 10.5. The highest BCUT2D eigenvalue weighted by atomic mass is 32.2. The van der Waals surface area contributed by atoms with Crippen LogP contribution >= 0.6 is 37.0 Å². The molecule has 0 bridgehead atoms. The molecular weight excluding hydrogens is 188 g/mol. The quantitative estimate of drug-likeness (QED) is 0.472. The summed E-state index contributed by atoms with van der Waals surface area (Å²) in [4.78, 5) is 10.5. The van der Waals surface area contributed by atoms with Gasteiger partial charge in [-0.25, -0.2) is 4.79 Å². The summed E-state index contributed by atoms with van der Waals surface area (Å²) < 4.78 is -1.02. The Kier molecular flexibility index (Phi) is 4.64. The van der Waals surface area contributed by atoms with Crippen molar-refractivity contribution in [1.82, 2.24) is 0 Å². The Labute approximate surface area is 75.6 Å². The van der Waals surface area contributed by atoms with Crippen LogP contribution in [0.3, 0.4) is 0 Å². The van der Waals surface area contributed by atoms with Crippen molar-refractivity contribution in [2.24, 2.45) is 0 Å². The molecule has 1 N–H and O–H groups in total. The summed E-state index contributed by atoms with van der Waals surface area (Å²) in [7, 11) is 0. The van der Waals surface area contributed by atoms with Crippen molar-refractivity contribution >= 4 is 43.0 Å². The number of carboxylic acid groups (broad SMARTS) is 1. The van der Waals surface area contributed by atoms with Crippen molar-refractivity contribution in [3.63, 3.8) is 0 Å². The van der Waals surface area contributed by atoms with Gasteiger partial charge in [-0.2, -0.15) is 12.6 Å². The summed E-state index contributed by atoms with van der Waals surface area (Å²) in [5, 5.41) is 8.62. The van der Waals surface area contributed by atoms with Gasteiger partial charge in [0.05, 0.1) is 0 Å². The van der Waals surface area contributed by atoms with Crippen LogP contribution in [0.4, 0.5) is 0 Å². The number of thioether (sulfide) groups is 1. The van der Waals surface area contributed by atoms with E-state index in [0.717, 1.165) is 5.75 Å². The first-order chi connectivity index (χ1) is 4.56. The van der Waals surface area contributed by atoms with Gasteiger partial charge >= 0.3 is 5.97 Å². The molecule has 5 heteroatoms. The van der Waals surface area contributed by atoms with Crippen LogP contribution < -0.4 is 0 Å². The minimum absolute atomic E-state index is 0.240. The molecule has 0 spiro atoms. The number of aliphatic carboxylic acids is 1. The minimum Gasteiger partial charge on any atom is -0.480 e. The summed E-state index contributed by atoms with van der Waals surface area (Å²) in [6, 6.07) is 0. The predicted molar refractivity (Wildman–Crippen MR) is 51.3 cm³/mol. The summed E-state index contributed by atoms with van der Waals surface area (Å²) in [6.45, 7) is 1.89. The van der Waals surface area contributed by atoms with Crippen molar-refractivity contribution < 1.29 is 9.90 Å². The zero-order valence-corrected chi connectivity index (χ0v) is 8.18. The van der Waals surface area contributed by atoms with E-state index in [1.54, 1.807) is 0 Å². The molecule has 0 aromatic rings. The predicted octanol–water partition coefficient (Wildman–Crippen LogP) is 1.38. The molecule has 0 radical (unpaired) electrons. The van der Waals surface area contributed by atoms with Crippen LogP contribution in [0.5, 0.6) is 0 Å². The van der Waals surface area contributed by atoms with Gasteiger partial charge in [-0.3, -0.25) is 0 Å². The normalized spacial score (nSPS) is 16.3. The number of thiol groups is 2. The van der Waals surface area contributed by atoms with Gasteiger partial charge in [-0.15, -0.1) is 24.4 Å². The van der Waals surface area contributed by atoms with E-state index in [1.165, 1.54) is 11.8 Å². The molecule has 60 valence electrons. The van der Waals surface area contributed by atoms with E-state index in [-0.39, 0.29) is 5.75 Å². The lowest BCUT2D eigenvalue weighted by Crippen LogP contribution is -2.30. The van der Waals surface area contributed by atoms with Crippen LogP contribution in [0.1, 0.15) is 6.92 Å². The second kappa shape index (κ2) is 4.41. The summed E-state index contributed by atoms with van der Waals surface area (Å²) in [5.74, 6) is 0.0537. The third-order valence-corrected chi connectivity index (χ3v) is 3.69. The fourth-order valence-electron chi connectivity index (χ4n) is 0.414. The van der Waals surface area contributed by atoms with E-state index in [4.69, 9.17) is 5.11 Å². The first kappa shape index (κ1) is 10.5. The van der Waals surface area contributed by atoms with Gasteiger partial charge < -0.3 is 5.11 Å². The topological polar surface area (TPSA) is 37.3 Å². The lowest BCUT2D eigenvalue weighted by Gasteiger charge is -2.19. The van der Waals surface area contributed by atoms with Gasteiger partial charge in [0.2, 0.25) is 0 Å². The van der Waals surface area contributed by atoms with Crippen LogP contribution in [-0.2, 0) is 4.79 Å².